The molecular formula is C20H25ClN2O3S. The van der Waals surface area contributed by atoms with Crippen LogP contribution in [-0.2, 0) is 21.4 Å². The van der Waals surface area contributed by atoms with Gasteiger partial charge in [-0.1, -0.05) is 35.9 Å². The van der Waals surface area contributed by atoms with Crippen molar-refractivity contribution in [3.05, 3.63) is 64.7 Å². The number of nitrogens with zero attached hydrogens (tertiary/aromatic N) is 2. The molecule has 1 amide bonds. The van der Waals surface area contributed by atoms with Crippen LogP contribution in [0.15, 0.2) is 53.4 Å². The Morgan fingerprint density at radius 2 is 1.59 bits per heavy atom. The number of carbonyl (C=O) groups excluding carboxylic acids is 1. The highest BCUT2D eigenvalue weighted by Gasteiger charge is 2.28. The minimum Gasteiger partial charge on any atom is -0.342 e. The predicted molar refractivity (Wildman–Crippen MR) is 108 cm³/mol. The summed E-state index contributed by atoms with van der Waals surface area (Å²) in [6.45, 7) is 6.67. The van der Waals surface area contributed by atoms with E-state index in [-0.39, 0.29) is 23.9 Å². The first-order valence-electron chi connectivity index (χ1n) is 8.87. The fourth-order valence-electron chi connectivity index (χ4n) is 2.79. The molecule has 7 heteroatoms. The second-order valence-electron chi connectivity index (χ2n) is 6.22. The van der Waals surface area contributed by atoms with Crippen LogP contribution in [0.4, 0.5) is 0 Å². The first-order chi connectivity index (χ1) is 12.8. The molecule has 0 N–H and O–H groups in total. The maximum atomic E-state index is 13.2. The number of halogens is 1. The lowest BCUT2D eigenvalue weighted by Gasteiger charge is -2.26. The summed E-state index contributed by atoms with van der Waals surface area (Å²) in [7, 11) is -3.85. The molecule has 0 aliphatic rings. The molecule has 0 aliphatic heterocycles. The first kappa shape index (κ1) is 21.4. The first-order valence-corrected chi connectivity index (χ1v) is 10.7. The number of rotatable bonds is 8. The van der Waals surface area contributed by atoms with Crippen LogP contribution in [0.25, 0.3) is 0 Å². The van der Waals surface area contributed by atoms with E-state index in [2.05, 4.69) is 0 Å². The molecule has 0 bridgehead atoms. The molecule has 0 heterocycles. The van der Waals surface area contributed by atoms with Crippen molar-refractivity contribution >= 4 is 27.5 Å². The Bertz CT molecular complexity index is 878. The second kappa shape index (κ2) is 9.35. The highest BCUT2D eigenvalue weighted by atomic mass is 35.5. The minimum atomic E-state index is -3.85. The molecule has 2 aromatic rings. The van der Waals surface area contributed by atoms with Crippen LogP contribution in [0.5, 0.6) is 0 Å². The quantitative estimate of drug-likeness (QED) is 0.669. The number of hydrogen-bond donors (Lipinski definition) is 0. The molecular weight excluding hydrogens is 384 g/mol. The average Bonchev–Trinajstić information content (AvgIpc) is 2.64. The van der Waals surface area contributed by atoms with E-state index in [1.54, 1.807) is 4.90 Å². The number of hydrogen-bond acceptors (Lipinski definition) is 3. The van der Waals surface area contributed by atoms with E-state index < -0.39 is 10.0 Å². The molecule has 0 fully saturated rings. The lowest BCUT2D eigenvalue weighted by atomic mass is 10.1. The Balaban J connectivity index is 2.40. The van der Waals surface area contributed by atoms with Gasteiger partial charge in [0, 0.05) is 24.7 Å². The second-order valence-corrected chi connectivity index (χ2v) is 8.59. The van der Waals surface area contributed by atoms with Crippen LogP contribution in [0.1, 0.15) is 25.0 Å². The van der Waals surface area contributed by atoms with Gasteiger partial charge in [0.05, 0.1) is 11.4 Å². The average molecular weight is 409 g/mol. The van der Waals surface area contributed by atoms with E-state index in [9.17, 15) is 13.2 Å². The number of benzene rings is 2. The Hall–Kier alpha value is -1.89. The van der Waals surface area contributed by atoms with Crippen molar-refractivity contribution in [3.63, 3.8) is 0 Å². The van der Waals surface area contributed by atoms with Gasteiger partial charge < -0.3 is 4.90 Å². The molecule has 5 nitrogen and oxygen atoms in total. The maximum Gasteiger partial charge on any atom is 0.243 e. The van der Waals surface area contributed by atoms with E-state index in [4.69, 9.17) is 11.6 Å². The van der Waals surface area contributed by atoms with Crippen LogP contribution in [-0.4, -0.2) is 43.2 Å². The van der Waals surface area contributed by atoms with Gasteiger partial charge in [0.15, 0.2) is 0 Å². The van der Waals surface area contributed by atoms with Gasteiger partial charge in [-0.05, 0) is 56.2 Å². The highest BCUT2D eigenvalue weighted by Crippen LogP contribution is 2.22. The zero-order chi connectivity index (χ0) is 20.0. The van der Waals surface area contributed by atoms with Crippen LogP contribution in [0, 0.1) is 6.92 Å². The summed E-state index contributed by atoms with van der Waals surface area (Å²) in [5.41, 5.74) is 1.84. The van der Waals surface area contributed by atoms with Crippen LogP contribution in [0.2, 0.25) is 5.02 Å². The Morgan fingerprint density at radius 3 is 2.15 bits per heavy atom. The summed E-state index contributed by atoms with van der Waals surface area (Å²) in [4.78, 5) is 14.4. The van der Waals surface area contributed by atoms with E-state index in [0.717, 1.165) is 11.1 Å². The van der Waals surface area contributed by atoms with Gasteiger partial charge in [-0.2, -0.15) is 4.31 Å². The zero-order valence-corrected chi connectivity index (χ0v) is 17.4. The van der Waals surface area contributed by atoms with E-state index in [0.29, 0.717) is 18.1 Å². The van der Waals surface area contributed by atoms with Crippen molar-refractivity contribution in [2.45, 2.75) is 32.2 Å². The summed E-state index contributed by atoms with van der Waals surface area (Å²) in [6.07, 6.45) is 0. The summed E-state index contributed by atoms with van der Waals surface area (Å²) < 4.78 is 27.6. The lowest BCUT2D eigenvalue weighted by molar-refractivity contribution is -0.131. The summed E-state index contributed by atoms with van der Waals surface area (Å²) >= 11 is 5.89. The predicted octanol–water partition coefficient (Wildman–Crippen LogP) is 3.71. The summed E-state index contributed by atoms with van der Waals surface area (Å²) in [6, 6.07) is 13.6. The number of aryl methyl sites for hydroxylation is 1. The third kappa shape index (κ3) is 5.31. The molecule has 146 valence electrons. The van der Waals surface area contributed by atoms with E-state index in [1.807, 2.05) is 45.0 Å². The zero-order valence-electron chi connectivity index (χ0n) is 15.9. The molecule has 0 saturated heterocycles. The van der Waals surface area contributed by atoms with Crippen LogP contribution < -0.4 is 0 Å². The van der Waals surface area contributed by atoms with Gasteiger partial charge in [0.2, 0.25) is 15.9 Å². The molecule has 0 spiro atoms. The molecule has 27 heavy (non-hydrogen) atoms. The van der Waals surface area contributed by atoms with Gasteiger partial charge in [-0.15, -0.1) is 0 Å². The number of amides is 1. The van der Waals surface area contributed by atoms with Crippen molar-refractivity contribution in [1.29, 1.82) is 0 Å². The number of carbonyl (C=O) groups is 1. The summed E-state index contributed by atoms with van der Waals surface area (Å²) in [5.74, 6) is -0.217. The Labute approximate surface area is 166 Å². The van der Waals surface area contributed by atoms with Crippen LogP contribution >= 0.6 is 11.6 Å². The number of likely N-dealkylation sites (N-methyl/N-ethyl adjacent to an activating group) is 1. The van der Waals surface area contributed by atoms with Crippen LogP contribution in [0.3, 0.4) is 0 Å². The normalized spacial score (nSPS) is 11.6. The number of sulfonamides is 1. The Kier molecular flexibility index (Phi) is 7.41. The largest absolute Gasteiger partial charge is 0.342 e. The molecule has 0 atom stereocenters. The van der Waals surface area contributed by atoms with Gasteiger partial charge in [-0.25, -0.2) is 8.42 Å². The SMILES string of the molecule is CCN(CC)C(=O)CN(Cc1ccccc1C)S(=O)(=O)c1ccc(Cl)cc1. The van der Waals surface area contributed by atoms with Gasteiger partial charge >= 0.3 is 0 Å². The van der Waals surface area contributed by atoms with Gasteiger partial charge in [0.1, 0.15) is 0 Å². The van der Waals surface area contributed by atoms with Gasteiger partial charge in [0.25, 0.3) is 0 Å². The summed E-state index contributed by atoms with van der Waals surface area (Å²) in [5, 5.41) is 0.457. The maximum absolute atomic E-state index is 13.2. The molecule has 0 saturated carbocycles. The molecule has 2 rings (SSSR count). The standard InChI is InChI=1S/C20H25ClN2O3S/c1-4-22(5-2)20(24)15-23(14-17-9-7-6-8-16(17)3)27(25,26)19-12-10-18(21)11-13-19/h6-13H,4-5,14-15H2,1-3H3. The highest BCUT2D eigenvalue weighted by molar-refractivity contribution is 7.89. The topological polar surface area (TPSA) is 57.7 Å². The smallest absolute Gasteiger partial charge is 0.243 e. The molecule has 0 aliphatic carbocycles. The van der Waals surface area contributed by atoms with Crippen molar-refractivity contribution in [2.75, 3.05) is 19.6 Å². The third-order valence-electron chi connectivity index (χ3n) is 4.49. The fraction of sp³-hybridized carbons (Fsp3) is 0.350. The molecule has 2 aromatic carbocycles. The van der Waals surface area contributed by atoms with Crippen molar-refractivity contribution in [3.8, 4) is 0 Å². The van der Waals surface area contributed by atoms with Crippen molar-refractivity contribution < 1.29 is 13.2 Å². The van der Waals surface area contributed by atoms with Crippen molar-refractivity contribution in [2.24, 2.45) is 0 Å². The third-order valence-corrected chi connectivity index (χ3v) is 6.55. The lowest BCUT2D eigenvalue weighted by Crippen LogP contribution is -2.42. The molecule has 0 radical (unpaired) electrons. The fourth-order valence-corrected chi connectivity index (χ4v) is 4.28. The van der Waals surface area contributed by atoms with E-state index in [1.165, 1.54) is 28.6 Å². The Morgan fingerprint density at radius 1 is 1.00 bits per heavy atom. The monoisotopic (exact) mass is 408 g/mol. The molecule has 0 aromatic heterocycles. The van der Waals surface area contributed by atoms with Gasteiger partial charge in [-0.3, -0.25) is 4.79 Å². The minimum absolute atomic E-state index is 0.118. The van der Waals surface area contributed by atoms with Crippen molar-refractivity contribution in [1.82, 2.24) is 9.21 Å². The van der Waals surface area contributed by atoms with E-state index >= 15 is 0 Å². The molecule has 0 unspecified atom stereocenters.